The zero-order chi connectivity index (χ0) is 13.2. The SMILES string of the molecule is COCCN(CCOC)CC(=O)NC1CCCC1. The van der Waals surface area contributed by atoms with Gasteiger partial charge in [-0.2, -0.15) is 0 Å². The molecule has 1 rings (SSSR count). The summed E-state index contributed by atoms with van der Waals surface area (Å²) in [5.41, 5.74) is 0. The number of hydrogen-bond acceptors (Lipinski definition) is 4. The Morgan fingerprint density at radius 2 is 1.72 bits per heavy atom. The molecule has 0 unspecified atom stereocenters. The van der Waals surface area contributed by atoms with E-state index in [1.54, 1.807) is 14.2 Å². The third-order valence-corrected chi connectivity index (χ3v) is 3.31. The molecule has 5 nitrogen and oxygen atoms in total. The third-order valence-electron chi connectivity index (χ3n) is 3.31. The largest absolute Gasteiger partial charge is 0.383 e. The molecule has 0 saturated heterocycles. The fraction of sp³-hybridized carbons (Fsp3) is 0.923. The number of nitrogens with zero attached hydrogens (tertiary/aromatic N) is 1. The van der Waals surface area contributed by atoms with Crippen molar-refractivity contribution in [1.29, 1.82) is 0 Å². The number of carbonyl (C=O) groups is 1. The van der Waals surface area contributed by atoms with Crippen molar-refractivity contribution in [3.8, 4) is 0 Å². The molecule has 0 aromatic rings. The highest BCUT2D eigenvalue weighted by Crippen LogP contribution is 2.17. The summed E-state index contributed by atoms with van der Waals surface area (Å²) in [6.45, 7) is 3.24. The molecule has 0 spiro atoms. The highest BCUT2D eigenvalue weighted by atomic mass is 16.5. The maximum absolute atomic E-state index is 11.9. The van der Waals surface area contributed by atoms with E-state index < -0.39 is 0 Å². The van der Waals surface area contributed by atoms with Crippen LogP contribution in [0.5, 0.6) is 0 Å². The molecule has 0 atom stereocenters. The Bertz CT molecular complexity index is 222. The predicted molar refractivity (Wildman–Crippen MR) is 70.6 cm³/mol. The second-order valence-corrected chi connectivity index (χ2v) is 4.81. The van der Waals surface area contributed by atoms with Crippen LogP contribution in [-0.2, 0) is 14.3 Å². The van der Waals surface area contributed by atoms with E-state index in [-0.39, 0.29) is 5.91 Å². The van der Waals surface area contributed by atoms with Gasteiger partial charge in [0.15, 0.2) is 0 Å². The Kier molecular flexibility index (Phi) is 7.96. The molecule has 0 aromatic heterocycles. The number of amides is 1. The summed E-state index contributed by atoms with van der Waals surface area (Å²) in [5.74, 6) is 0.120. The first-order chi connectivity index (χ1) is 8.76. The lowest BCUT2D eigenvalue weighted by Gasteiger charge is -2.22. The maximum atomic E-state index is 11.9. The lowest BCUT2D eigenvalue weighted by atomic mass is 10.2. The van der Waals surface area contributed by atoms with Crippen molar-refractivity contribution in [2.24, 2.45) is 0 Å². The van der Waals surface area contributed by atoms with Crippen LogP contribution in [0.1, 0.15) is 25.7 Å². The van der Waals surface area contributed by atoms with Gasteiger partial charge < -0.3 is 14.8 Å². The van der Waals surface area contributed by atoms with Crippen LogP contribution in [0.15, 0.2) is 0 Å². The van der Waals surface area contributed by atoms with E-state index >= 15 is 0 Å². The third kappa shape index (κ3) is 6.33. The summed E-state index contributed by atoms with van der Waals surface area (Å²) in [6, 6.07) is 0.393. The molecule has 1 aliphatic rings. The Morgan fingerprint density at radius 3 is 2.22 bits per heavy atom. The molecular formula is C13H26N2O3. The second kappa shape index (κ2) is 9.30. The molecule has 0 aromatic carbocycles. The van der Waals surface area contributed by atoms with E-state index in [2.05, 4.69) is 10.2 Å². The van der Waals surface area contributed by atoms with Crippen molar-refractivity contribution in [2.75, 3.05) is 47.1 Å². The smallest absolute Gasteiger partial charge is 0.234 e. The van der Waals surface area contributed by atoms with Crippen LogP contribution >= 0.6 is 0 Å². The van der Waals surface area contributed by atoms with E-state index in [1.165, 1.54) is 12.8 Å². The molecule has 0 bridgehead atoms. The topological polar surface area (TPSA) is 50.8 Å². The fourth-order valence-electron chi connectivity index (χ4n) is 2.26. The number of carbonyl (C=O) groups excluding carboxylic acids is 1. The Balaban J connectivity index is 2.25. The summed E-state index contributed by atoms with van der Waals surface area (Å²) in [7, 11) is 3.35. The van der Waals surface area contributed by atoms with Gasteiger partial charge in [-0.15, -0.1) is 0 Å². The van der Waals surface area contributed by atoms with Crippen molar-refractivity contribution in [3.05, 3.63) is 0 Å². The Hall–Kier alpha value is -0.650. The number of methoxy groups -OCH3 is 2. The van der Waals surface area contributed by atoms with Gasteiger partial charge in [-0.25, -0.2) is 0 Å². The molecule has 0 aliphatic heterocycles. The van der Waals surface area contributed by atoms with Crippen LogP contribution in [0.25, 0.3) is 0 Å². The molecule has 106 valence electrons. The van der Waals surface area contributed by atoms with Crippen molar-refractivity contribution in [2.45, 2.75) is 31.7 Å². The number of ether oxygens (including phenoxy) is 2. The van der Waals surface area contributed by atoms with Crippen molar-refractivity contribution in [1.82, 2.24) is 10.2 Å². The fourth-order valence-corrected chi connectivity index (χ4v) is 2.26. The van der Waals surface area contributed by atoms with E-state index in [0.29, 0.717) is 25.8 Å². The van der Waals surface area contributed by atoms with Crippen LogP contribution in [0, 0.1) is 0 Å². The summed E-state index contributed by atoms with van der Waals surface area (Å²) >= 11 is 0. The van der Waals surface area contributed by atoms with Crippen molar-refractivity contribution in [3.63, 3.8) is 0 Å². The summed E-state index contributed by atoms with van der Waals surface area (Å²) < 4.78 is 10.1. The van der Waals surface area contributed by atoms with Crippen LogP contribution in [0.4, 0.5) is 0 Å². The van der Waals surface area contributed by atoms with E-state index in [1.807, 2.05) is 0 Å². The Morgan fingerprint density at radius 1 is 1.17 bits per heavy atom. The van der Waals surface area contributed by atoms with Crippen LogP contribution in [0.3, 0.4) is 0 Å². The minimum absolute atomic E-state index is 0.120. The number of hydrogen-bond donors (Lipinski definition) is 1. The van der Waals surface area contributed by atoms with Gasteiger partial charge in [-0.05, 0) is 12.8 Å². The second-order valence-electron chi connectivity index (χ2n) is 4.81. The first kappa shape index (κ1) is 15.4. The van der Waals surface area contributed by atoms with Crippen molar-refractivity contribution >= 4 is 5.91 Å². The van der Waals surface area contributed by atoms with Gasteiger partial charge in [0.05, 0.1) is 19.8 Å². The maximum Gasteiger partial charge on any atom is 0.234 e. The number of nitrogens with one attached hydrogen (secondary N) is 1. The van der Waals surface area contributed by atoms with Crippen LogP contribution in [0.2, 0.25) is 0 Å². The molecule has 18 heavy (non-hydrogen) atoms. The van der Waals surface area contributed by atoms with Gasteiger partial charge in [0.25, 0.3) is 0 Å². The number of rotatable bonds is 9. The summed E-state index contributed by atoms with van der Waals surface area (Å²) in [4.78, 5) is 14.0. The van der Waals surface area contributed by atoms with Gasteiger partial charge in [-0.3, -0.25) is 9.69 Å². The normalized spacial score (nSPS) is 16.4. The highest BCUT2D eigenvalue weighted by molar-refractivity contribution is 5.78. The lowest BCUT2D eigenvalue weighted by molar-refractivity contribution is -0.123. The molecular weight excluding hydrogens is 232 g/mol. The van der Waals surface area contributed by atoms with Crippen LogP contribution in [-0.4, -0.2) is 63.9 Å². The summed E-state index contributed by atoms with van der Waals surface area (Å²) in [6.07, 6.45) is 4.73. The van der Waals surface area contributed by atoms with Gasteiger partial charge in [-0.1, -0.05) is 12.8 Å². The van der Waals surface area contributed by atoms with E-state index in [0.717, 1.165) is 25.9 Å². The van der Waals surface area contributed by atoms with E-state index in [9.17, 15) is 4.79 Å². The minimum atomic E-state index is 0.120. The molecule has 1 fully saturated rings. The lowest BCUT2D eigenvalue weighted by Crippen LogP contribution is -2.43. The van der Waals surface area contributed by atoms with Crippen LogP contribution < -0.4 is 5.32 Å². The minimum Gasteiger partial charge on any atom is -0.383 e. The summed E-state index contributed by atoms with van der Waals surface area (Å²) in [5, 5.41) is 3.10. The molecule has 0 heterocycles. The monoisotopic (exact) mass is 258 g/mol. The quantitative estimate of drug-likeness (QED) is 0.659. The molecule has 1 saturated carbocycles. The average molecular weight is 258 g/mol. The molecule has 0 radical (unpaired) electrons. The first-order valence-corrected chi connectivity index (χ1v) is 6.76. The zero-order valence-corrected chi connectivity index (χ0v) is 11.6. The van der Waals surface area contributed by atoms with E-state index in [4.69, 9.17) is 9.47 Å². The average Bonchev–Trinajstić information content (AvgIpc) is 2.85. The molecule has 1 aliphatic carbocycles. The first-order valence-electron chi connectivity index (χ1n) is 6.76. The van der Waals surface area contributed by atoms with Crippen molar-refractivity contribution < 1.29 is 14.3 Å². The molecule has 1 N–H and O–H groups in total. The van der Waals surface area contributed by atoms with Gasteiger partial charge >= 0.3 is 0 Å². The predicted octanol–water partition coefficient (Wildman–Crippen LogP) is 0.640. The highest BCUT2D eigenvalue weighted by Gasteiger charge is 2.18. The van der Waals surface area contributed by atoms with Gasteiger partial charge in [0.2, 0.25) is 5.91 Å². The van der Waals surface area contributed by atoms with Gasteiger partial charge in [0, 0.05) is 33.4 Å². The Labute approximate surface area is 110 Å². The molecule has 1 amide bonds. The zero-order valence-electron chi connectivity index (χ0n) is 11.6. The standard InChI is InChI=1S/C13H26N2O3/c1-17-9-7-15(8-10-18-2)11-13(16)14-12-5-3-4-6-12/h12H,3-11H2,1-2H3,(H,14,16). The molecule has 5 heteroatoms. The van der Waals surface area contributed by atoms with Gasteiger partial charge in [0.1, 0.15) is 0 Å².